The van der Waals surface area contributed by atoms with E-state index >= 15 is 0 Å². The van der Waals surface area contributed by atoms with Crippen LogP contribution in [0.3, 0.4) is 0 Å². The molecule has 2 heteroatoms. The number of hydrogen-bond acceptors (Lipinski definition) is 2. The first-order chi connectivity index (χ1) is 8.85. The standard InChI is InChI=1S/C16H16O2/c1-3-13-9-8-12-15(17-4-2)16(13)18-14-10-6-5-7-11-14/h3,5-12H,1,4H2,2H3. The molecule has 0 unspecified atom stereocenters. The van der Waals surface area contributed by atoms with Crippen molar-refractivity contribution in [2.75, 3.05) is 6.61 Å². The molecule has 0 fully saturated rings. The highest BCUT2D eigenvalue weighted by molar-refractivity contribution is 5.62. The fraction of sp³-hybridized carbons (Fsp3) is 0.125. The lowest BCUT2D eigenvalue weighted by atomic mass is 10.2. The highest BCUT2D eigenvalue weighted by Crippen LogP contribution is 2.35. The molecule has 0 bridgehead atoms. The third kappa shape index (κ3) is 2.72. The van der Waals surface area contributed by atoms with Gasteiger partial charge in [0.1, 0.15) is 5.75 Å². The van der Waals surface area contributed by atoms with E-state index in [4.69, 9.17) is 9.47 Å². The van der Waals surface area contributed by atoms with Crippen molar-refractivity contribution in [3.05, 3.63) is 60.7 Å². The molecule has 0 radical (unpaired) electrons. The van der Waals surface area contributed by atoms with Gasteiger partial charge in [-0.2, -0.15) is 0 Å². The first-order valence-corrected chi connectivity index (χ1v) is 5.96. The SMILES string of the molecule is C=Cc1cccc(OCC)c1Oc1ccccc1. The van der Waals surface area contributed by atoms with E-state index in [0.29, 0.717) is 12.4 Å². The zero-order valence-corrected chi connectivity index (χ0v) is 10.4. The normalized spacial score (nSPS) is 9.83. The van der Waals surface area contributed by atoms with Crippen molar-refractivity contribution in [1.82, 2.24) is 0 Å². The third-order valence-electron chi connectivity index (χ3n) is 2.49. The average molecular weight is 240 g/mol. The van der Waals surface area contributed by atoms with Crippen LogP contribution in [-0.4, -0.2) is 6.61 Å². The smallest absolute Gasteiger partial charge is 0.176 e. The Hall–Kier alpha value is -2.22. The summed E-state index contributed by atoms with van der Waals surface area (Å²) < 4.78 is 11.5. The lowest BCUT2D eigenvalue weighted by Crippen LogP contribution is -1.96. The van der Waals surface area contributed by atoms with Gasteiger partial charge < -0.3 is 9.47 Å². The molecule has 0 aliphatic rings. The molecular formula is C16H16O2. The fourth-order valence-electron chi connectivity index (χ4n) is 1.68. The molecule has 0 amide bonds. The summed E-state index contributed by atoms with van der Waals surface area (Å²) >= 11 is 0. The lowest BCUT2D eigenvalue weighted by molar-refractivity contribution is 0.321. The van der Waals surface area contributed by atoms with E-state index in [0.717, 1.165) is 17.1 Å². The van der Waals surface area contributed by atoms with Crippen molar-refractivity contribution in [2.24, 2.45) is 0 Å². The molecule has 0 aromatic heterocycles. The minimum absolute atomic E-state index is 0.603. The minimum atomic E-state index is 0.603. The third-order valence-corrected chi connectivity index (χ3v) is 2.49. The van der Waals surface area contributed by atoms with E-state index in [1.165, 1.54) is 0 Å². The molecule has 0 saturated heterocycles. The van der Waals surface area contributed by atoms with Crippen molar-refractivity contribution in [2.45, 2.75) is 6.92 Å². The summed E-state index contributed by atoms with van der Waals surface area (Å²) in [5.41, 5.74) is 0.921. The number of ether oxygens (including phenoxy) is 2. The molecule has 0 aliphatic carbocycles. The minimum Gasteiger partial charge on any atom is -0.490 e. The quantitative estimate of drug-likeness (QED) is 0.765. The van der Waals surface area contributed by atoms with Crippen LogP contribution in [0.15, 0.2) is 55.1 Å². The maximum absolute atomic E-state index is 5.89. The summed E-state index contributed by atoms with van der Waals surface area (Å²) in [6, 6.07) is 15.4. The summed E-state index contributed by atoms with van der Waals surface area (Å²) in [4.78, 5) is 0. The van der Waals surface area contributed by atoms with Gasteiger partial charge >= 0.3 is 0 Å². The van der Waals surface area contributed by atoms with Crippen LogP contribution in [-0.2, 0) is 0 Å². The van der Waals surface area contributed by atoms with E-state index in [9.17, 15) is 0 Å². The van der Waals surface area contributed by atoms with Crippen LogP contribution in [0.25, 0.3) is 6.08 Å². The van der Waals surface area contributed by atoms with E-state index in [2.05, 4.69) is 6.58 Å². The molecular weight excluding hydrogens is 224 g/mol. The fourth-order valence-corrected chi connectivity index (χ4v) is 1.68. The molecule has 18 heavy (non-hydrogen) atoms. The number of benzene rings is 2. The van der Waals surface area contributed by atoms with Crippen LogP contribution in [0, 0.1) is 0 Å². The molecule has 0 saturated carbocycles. The number of hydrogen-bond donors (Lipinski definition) is 0. The summed E-state index contributed by atoms with van der Waals surface area (Å²) in [5.74, 6) is 2.23. The van der Waals surface area contributed by atoms with E-state index in [-0.39, 0.29) is 0 Å². The van der Waals surface area contributed by atoms with Crippen molar-refractivity contribution in [3.63, 3.8) is 0 Å². The molecule has 0 aliphatic heterocycles. The highest BCUT2D eigenvalue weighted by atomic mass is 16.5. The Morgan fingerprint density at radius 1 is 1.06 bits per heavy atom. The molecule has 92 valence electrons. The van der Waals surface area contributed by atoms with Crippen LogP contribution in [0.5, 0.6) is 17.2 Å². The van der Waals surface area contributed by atoms with Gasteiger partial charge in [0.2, 0.25) is 0 Å². The maximum atomic E-state index is 5.89. The molecule has 0 heterocycles. The van der Waals surface area contributed by atoms with Gasteiger partial charge in [-0.3, -0.25) is 0 Å². The predicted molar refractivity (Wildman–Crippen MR) is 74.2 cm³/mol. The molecule has 0 atom stereocenters. The largest absolute Gasteiger partial charge is 0.490 e. The second-order valence-electron chi connectivity index (χ2n) is 3.73. The Bertz CT molecular complexity index is 518. The molecule has 0 spiro atoms. The second kappa shape index (κ2) is 5.92. The van der Waals surface area contributed by atoms with Crippen molar-refractivity contribution in [3.8, 4) is 17.2 Å². The molecule has 2 aromatic rings. The summed E-state index contributed by atoms with van der Waals surface area (Å²) in [6.07, 6.45) is 1.76. The second-order valence-corrected chi connectivity index (χ2v) is 3.73. The first-order valence-electron chi connectivity index (χ1n) is 5.96. The van der Waals surface area contributed by atoms with Gasteiger partial charge in [0.05, 0.1) is 6.61 Å². The Labute approximate surface area is 107 Å². The maximum Gasteiger partial charge on any atom is 0.176 e. The van der Waals surface area contributed by atoms with Gasteiger partial charge in [0.15, 0.2) is 11.5 Å². The topological polar surface area (TPSA) is 18.5 Å². The lowest BCUT2D eigenvalue weighted by Gasteiger charge is -2.13. The van der Waals surface area contributed by atoms with E-state index in [1.54, 1.807) is 6.08 Å². The van der Waals surface area contributed by atoms with Gasteiger partial charge in [-0.15, -0.1) is 0 Å². The zero-order valence-electron chi connectivity index (χ0n) is 10.4. The van der Waals surface area contributed by atoms with Gasteiger partial charge in [-0.25, -0.2) is 0 Å². The Balaban J connectivity index is 2.38. The van der Waals surface area contributed by atoms with Crippen molar-refractivity contribution in [1.29, 1.82) is 0 Å². The first kappa shape index (κ1) is 12.2. The van der Waals surface area contributed by atoms with E-state index < -0.39 is 0 Å². The summed E-state index contributed by atoms with van der Waals surface area (Å²) in [5, 5.41) is 0. The van der Waals surface area contributed by atoms with Crippen LogP contribution in [0.2, 0.25) is 0 Å². The average Bonchev–Trinajstić information content (AvgIpc) is 2.42. The summed E-state index contributed by atoms with van der Waals surface area (Å²) in [7, 11) is 0. The molecule has 2 aromatic carbocycles. The number of para-hydroxylation sites is 2. The van der Waals surface area contributed by atoms with E-state index in [1.807, 2.05) is 55.5 Å². The highest BCUT2D eigenvalue weighted by Gasteiger charge is 2.09. The molecule has 0 N–H and O–H groups in total. The van der Waals surface area contributed by atoms with Crippen molar-refractivity contribution >= 4 is 6.08 Å². The monoisotopic (exact) mass is 240 g/mol. The van der Waals surface area contributed by atoms with Gasteiger partial charge in [0, 0.05) is 5.56 Å². The Morgan fingerprint density at radius 2 is 1.83 bits per heavy atom. The van der Waals surface area contributed by atoms with Gasteiger partial charge in [-0.05, 0) is 25.1 Å². The summed E-state index contributed by atoms with van der Waals surface area (Å²) in [6.45, 7) is 6.35. The van der Waals surface area contributed by atoms with Crippen LogP contribution in [0.4, 0.5) is 0 Å². The zero-order chi connectivity index (χ0) is 12.8. The van der Waals surface area contributed by atoms with Crippen LogP contribution in [0.1, 0.15) is 12.5 Å². The predicted octanol–water partition coefficient (Wildman–Crippen LogP) is 4.52. The molecule has 2 rings (SSSR count). The Morgan fingerprint density at radius 3 is 2.50 bits per heavy atom. The van der Waals surface area contributed by atoms with Gasteiger partial charge in [0.25, 0.3) is 0 Å². The number of rotatable bonds is 5. The Kier molecular flexibility index (Phi) is 4.02. The van der Waals surface area contributed by atoms with Crippen LogP contribution < -0.4 is 9.47 Å². The van der Waals surface area contributed by atoms with Gasteiger partial charge in [-0.1, -0.05) is 43.0 Å². The van der Waals surface area contributed by atoms with Crippen molar-refractivity contribution < 1.29 is 9.47 Å². The molecule has 2 nitrogen and oxygen atoms in total. The van der Waals surface area contributed by atoms with Crippen LogP contribution >= 0.6 is 0 Å².